The largest absolute Gasteiger partial charge is 0.464 e. The maximum absolute atomic E-state index is 12.1. The molecule has 0 bridgehead atoms. The van der Waals surface area contributed by atoms with Gasteiger partial charge in [0.15, 0.2) is 5.76 Å². The van der Waals surface area contributed by atoms with Gasteiger partial charge in [-0.1, -0.05) is 6.58 Å². The number of likely N-dealkylation sites (tertiary alicyclic amines) is 1. The second kappa shape index (κ2) is 8.98. The van der Waals surface area contributed by atoms with Gasteiger partial charge >= 0.3 is 17.9 Å². The Morgan fingerprint density at radius 2 is 1.69 bits per heavy atom. The molecule has 0 aromatic heterocycles. The zero-order valence-corrected chi connectivity index (χ0v) is 15.6. The molecule has 0 aliphatic carbocycles. The van der Waals surface area contributed by atoms with Crippen LogP contribution in [-0.2, 0) is 33.4 Å². The van der Waals surface area contributed by atoms with Crippen LogP contribution in [0.3, 0.4) is 0 Å². The van der Waals surface area contributed by atoms with Crippen LogP contribution in [0.4, 0.5) is 0 Å². The Labute approximate surface area is 152 Å². The molecule has 1 fully saturated rings. The minimum absolute atomic E-state index is 0.00291. The molecule has 8 nitrogen and oxygen atoms in total. The Hall–Kier alpha value is -2.90. The summed E-state index contributed by atoms with van der Waals surface area (Å²) in [5.74, 6) is -2.05. The number of hydrogen-bond acceptors (Lipinski definition) is 7. The lowest BCUT2D eigenvalue weighted by atomic mass is 10.1. The first-order chi connectivity index (χ1) is 12.1. The highest BCUT2D eigenvalue weighted by atomic mass is 16.6. The second-order valence-corrected chi connectivity index (χ2v) is 5.58. The lowest BCUT2D eigenvalue weighted by Gasteiger charge is -2.21. The van der Waals surface area contributed by atoms with Gasteiger partial charge in [0.05, 0.1) is 6.61 Å². The van der Waals surface area contributed by atoms with Crippen molar-refractivity contribution in [3.63, 3.8) is 0 Å². The van der Waals surface area contributed by atoms with Gasteiger partial charge in [0.2, 0.25) is 5.91 Å². The van der Waals surface area contributed by atoms with Crippen LogP contribution in [0.2, 0.25) is 0 Å². The van der Waals surface area contributed by atoms with Gasteiger partial charge in [0.25, 0.3) is 0 Å². The smallest absolute Gasteiger partial charge is 0.329 e. The van der Waals surface area contributed by atoms with Crippen molar-refractivity contribution < 1.29 is 33.4 Å². The van der Waals surface area contributed by atoms with Crippen molar-refractivity contribution in [2.75, 3.05) is 6.61 Å². The number of esters is 3. The lowest BCUT2D eigenvalue weighted by Crippen LogP contribution is -2.39. The van der Waals surface area contributed by atoms with E-state index in [0.29, 0.717) is 5.57 Å². The van der Waals surface area contributed by atoms with Crippen molar-refractivity contribution in [2.24, 2.45) is 0 Å². The molecule has 1 heterocycles. The summed E-state index contributed by atoms with van der Waals surface area (Å²) in [7, 11) is 0. The third-order valence-electron chi connectivity index (χ3n) is 3.49. The molecule has 0 N–H and O–H groups in total. The number of ether oxygens (including phenoxy) is 3. The van der Waals surface area contributed by atoms with Crippen molar-refractivity contribution in [3.8, 4) is 0 Å². The molecule has 0 radical (unpaired) electrons. The maximum atomic E-state index is 12.1. The van der Waals surface area contributed by atoms with Crippen molar-refractivity contribution in [3.05, 3.63) is 35.4 Å². The van der Waals surface area contributed by atoms with Crippen LogP contribution in [0, 0.1) is 0 Å². The second-order valence-electron chi connectivity index (χ2n) is 5.58. The summed E-state index contributed by atoms with van der Waals surface area (Å²) in [4.78, 5) is 47.8. The van der Waals surface area contributed by atoms with Crippen LogP contribution < -0.4 is 0 Å². The summed E-state index contributed by atoms with van der Waals surface area (Å²) >= 11 is 0. The molecule has 8 heteroatoms. The van der Waals surface area contributed by atoms with Crippen LogP contribution >= 0.6 is 0 Å². The Bertz CT molecular complexity index is 702. The summed E-state index contributed by atoms with van der Waals surface area (Å²) in [6.45, 7) is 10.9. The fraction of sp³-hybridized carbons (Fsp3) is 0.444. The van der Waals surface area contributed by atoms with Crippen molar-refractivity contribution in [1.82, 2.24) is 4.90 Å². The molecule has 26 heavy (non-hydrogen) atoms. The first kappa shape index (κ1) is 21.1. The summed E-state index contributed by atoms with van der Waals surface area (Å²) in [6, 6.07) is -0.848. The van der Waals surface area contributed by atoms with Gasteiger partial charge in [0.1, 0.15) is 11.8 Å². The first-order valence-electron chi connectivity index (χ1n) is 8.02. The van der Waals surface area contributed by atoms with Gasteiger partial charge in [-0.25, -0.2) is 4.79 Å². The third-order valence-corrected chi connectivity index (χ3v) is 3.49. The van der Waals surface area contributed by atoms with Gasteiger partial charge in [-0.05, 0) is 25.5 Å². The maximum Gasteiger partial charge on any atom is 0.329 e. The Kier molecular flexibility index (Phi) is 7.30. The van der Waals surface area contributed by atoms with E-state index in [-0.39, 0.29) is 36.2 Å². The predicted octanol–water partition coefficient (Wildman–Crippen LogP) is 1.97. The van der Waals surface area contributed by atoms with Gasteiger partial charge in [-0.2, -0.15) is 0 Å². The fourth-order valence-electron chi connectivity index (χ4n) is 2.52. The lowest BCUT2D eigenvalue weighted by molar-refractivity contribution is -0.151. The molecule has 0 spiro atoms. The molecule has 0 aromatic rings. The highest BCUT2D eigenvalue weighted by Gasteiger charge is 2.39. The highest BCUT2D eigenvalue weighted by molar-refractivity contribution is 5.87. The zero-order valence-electron chi connectivity index (χ0n) is 15.6. The van der Waals surface area contributed by atoms with Crippen molar-refractivity contribution in [2.45, 2.75) is 47.1 Å². The average molecular weight is 365 g/mol. The number of allylic oxidation sites excluding steroid dienone is 3. The Morgan fingerprint density at radius 3 is 2.15 bits per heavy atom. The van der Waals surface area contributed by atoms with Crippen LogP contribution in [0.1, 0.15) is 41.0 Å². The molecular weight excluding hydrogens is 342 g/mol. The van der Waals surface area contributed by atoms with Gasteiger partial charge < -0.3 is 14.2 Å². The summed E-state index contributed by atoms with van der Waals surface area (Å²) in [6.07, 6.45) is 1.56. The van der Waals surface area contributed by atoms with Crippen molar-refractivity contribution >= 4 is 23.8 Å². The van der Waals surface area contributed by atoms with E-state index in [1.807, 2.05) is 0 Å². The average Bonchev–Trinajstić information content (AvgIpc) is 2.83. The van der Waals surface area contributed by atoms with E-state index in [2.05, 4.69) is 6.58 Å². The number of carbonyl (C=O) groups excluding carboxylic acids is 4. The van der Waals surface area contributed by atoms with Crippen LogP contribution in [0.15, 0.2) is 35.4 Å². The van der Waals surface area contributed by atoms with Crippen LogP contribution in [-0.4, -0.2) is 41.4 Å². The number of hydrogen-bond donors (Lipinski definition) is 0. The molecule has 1 amide bonds. The fourth-order valence-corrected chi connectivity index (χ4v) is 2.52. The Balaban J connectivity index is 3.30. The minimum atomic E-state index is -0.848. The molecule has 142 valence electrons. The number of carbonyl (C=O) groups is 4. The molecule has 0 aromatic carbocycles. The third kappa shape index (κ3) is 5.30. The van der Waals surface area contributed by atoms with Crippen LogP contribution in [0.25, 0.3) is 0 Å². The van der Waals surface area contributed by atoms with Crippen LogP contribution in [0.5, 0.6) is 0 Å². The van der Waals surface area contributed by atoms with Gasteiger partial charge in [-0.3, -0.25) is 19.3 Å². The summed E-state index contributed by atoms with van der Waals surface area (Å²) in [5.41, 5.74) is 0.775. The quantitative estimate of drug-likeness (QED) is 0.417. The normalized spacial score (nSPS) is 19.1. The molecule has 1 aliphatic rings. The molecule has 0 saturated carbocycles. The van der Waals surface area contributed by atoms with E-state index in [1.54, 1.807) is 6.92 Å². The monoisotopic (exact) mass is 365 g/mol. The van der Waals surface area contributed by atoms with Gasteiger partial charge in [0, 0.05) is 32.9 Å². The highest BCUT2D eigenvalue weighted by Crippen LogP contribution is 2.34. The molecule has 1 saturated heterocycles. The van der Waals surface area contributed by atoms with E-state index in [1.165, 1.54) is 38.7 Å². The van der Waals surface area contributed by atoms with E-state index in [0.717, 1.165) is 0 Å². The van der Waals surface area contributed by atoms with Gasteiger partial charge in [-0.15, -0.1) is 0 Å². The first-order valence-corrected chi connectivity index (χ1v) is 8.02. The standard InChI is InChI=1S/C18H23NO7/c1-7-24-18(23)16-8-15(10(2)19(16)12(4)20)9-17(26-14(6)22)11(3)25-13(5)21/h9,16H,2,7-8H2,1,3-6H3. The minimum Gasteiger partial charge on any atom is -0.464 e. The topological polar surface area (TPSA) is 99.2 Å². The molecule has 1 aliphatic heterocycles. The van der Waals surface area contributed by atoms with E-state index < -0.39 is 23.9 Å². The molecular formula is C18H23NO7. The zero-order chi connectivity index (χ0) is 20.0. The van der Waals surface area contributed by atoms with E-state index in [4.69, 9.17) is 14.2 Å². The van der Waals surface area contributed by atoms with E-state index in [9.17, 15) is 19.2 Å². The summed E-state index contributed by atoms with van der Waals surface area (Å²) < 4.78 is 15.1. The number of rotatable bonds is 5. The van der Waals surface area contributed by atoms with E-state index >= 15 is 0 Å². The SMILES string of the molecule is C=C1C(=CC(OC(C)=O)=C(C)OC(C)=O)CC(C(=O)OCC)N1C(C)=O. The van der Waals surface area contributed by atoms with Crippen molar-refractivity contribution in [1.29, 1.82) is 0 Å². The number of nitrogens with zero attached hydrogens (tertiary/aromatic N) is 1. The molecule has 1 rings (SSSR count). The Morgan fingerprint density at radius 1 is 1.12 bits per heavy atom. The molecule has 1 unspecified atom stereocenters. The predicted molar refractivity (Wildman–Crippen MR) is 91.0 cm³/mol. The summed E-state index contributed by atoms with van der Waals surface area (Å²) in [5, 5.41) is 0. The molecule has 1 atom stereocenters. The number of amides is 1.